The second-order valence-corrected chi connectivity index (χ2v) is 17.9. The third-order valence-electron chi connectivity index (χ3n) is 6.55. The average Bonchev–Trinajstić information content (AvgIpc) is 3.10. The summed E-state index contributed by atoms with van der Waals surface area (Å²) in [5.41, 5.74) is 6.24. The maximum atomic E-state index is 5.84. The van der Waals surface area contributed by atoms with Crippen LogP contribution in [0.15, 0.2) is 77.8 Å². The fourth-order valence-electron chi connectivity index (χ4n) is 5.31. The first-order valence-corrected chi connectivity index (χ1v) is 16.9. The first-order chi connectivity index (χ1) is 15.7. The van der Waals surface area contributed by atoms with Crippen molar-refractivity contribution in [2.75, 3.05) is 0 Å². The van der Waals surface area contributed by atoms with E-state index in [-0.39, 0.29) is 16.5 Å². The van der Waals surface area contributed by atoms with E-state index in [1.807, 2.05) is 24.4 Å². The molecule has 1 aliphatic heterocycles. The summed E-state index contributed by atoms with van der Waals surface area (Å²) in [5.74, 6) is 0. The van der Waals surface area contributed by atoms with Gasteiger partial charge in [-0.15, -0.1) is 0 Å². The number of fused-ring (bicyclic) bond motifs is 3. The Morgan fingerprint density at radius 1 is 0.788 bits per heavy atom. The van der Waals surface area contributed by atoms with Gasteiger partial charge in [0.15, 0.2) is 0 Å². The van der Waals surface area contributed by atoms with Crippen molar-refractivity contribution in [3.8, 4) is 33.8 Å². The molecule has 168 valence electrons. The Morgan fingerprint density at radius 3 is 2.21 bits per heavy atom. The van der Waals surface area contributed by atoms with Gasteiger partial charge < -0.3 is 0 Å². The summed E-state index contributed by atoms with van der Waals surface area (Å²) in [6, 6.07) is 26.9. The molecule has 0 radical (unpaired) electrons. The van der Waals surface area contributed by atoms with Crippen LogP contribution in [0.3, 0.4) is 0 Å². The minimum atomic E-state index is -2.49. The Morgan fingerprint density at radius 2 is 1.52 bits per heavy atom. The van der Waals surface area contributed by atoms with Crippen molar-refractivity contribution < 1.29 is 16.5 Å². The van der Waals surface area contributed by atoms with E-state index in [0.717, 1.165) is 33.1 Å². The summed E-state index contributed by atoms with van der Waals surface area (Å²) < 4.78 is 3.07. The zero-order chi connectivity index (χ0) is 22.1. The minimum absolute atomic E-state index is 0. The van der Waals surface area contributed by atoms with Crippen molar-refractivity contribution >= 4 is 34.7 Å². The fourth-order valence-corrected chi connectivity index (χ4v) is 17.3. The molecule has 2 aromatic heterocycles. The third-order valence-corrected chi connectivity index (χ3v) is 18.6. The molecule has 2 aromatic carbocycles. The topological polar surface area (TPSA) is 25.8 Å². The predicted octanol–water partition coefficient (Wildman–Crippen LogP) is 5.88. The maximum Gasteiger partial charge on any atom is 2.00 e. The van der Waals surface area contributed by atoms with Crippen molar-refractivity contribution in [3.63, 3.8) is 0 Å². The van der Waals surface area contributed by atoms with Gasteiger partial charge in [0.25, 0.3) is 0 Å². The van der Waals surface area contributed by atoms with E-state index in [2.05, 4.69) is 73.4 Å². The molecule has 0 bridgehead atoms. The van der Waals surface area contributed by atoms with Gasteiger partial charge in [0.05, 0.1) is 0 Å². The van der Waals surface area contributed by atoms with E-state index in [1.54, 1.807) is 4.40 Å². The van der Waals surface area contributed by atoms with Crippen molar-refractivity contribution in [2.24, 2.45) is 0 Å². The molecule has 0 atom stereocenters. The number of aromatic nitrogens is 2. The number of hydrogen-bond donors (Lipinski definition) is 0. The summed E-state index contributed by atoms with van der Waals surface area (Å²) in [7, 11) is 0. The Balaban J connectivity index is 0.00000259. The van der Waals surface area contributed by atoms with Crippen LogP contribution >= 0.6 is 0 Å². The van der Waals surface area contributed by atoms with Crippen molar-refractivity contribution in [1.82, 2.24) is 9.97 Å². The van der Waals surface area contributed by atoms with Crippen LogP contribution in [0.2, 0.25) is 10.5 Å². The van der Waals surface area contributed by atoms with Crippen molar-refractivity contribution in [1.29, 1.82) is 0 Å². The molecule has 5 heteroatoms. The molecule has 0 aliphatic carbocycles. The number of rotatable bonds is 6. The van der Waals surface area contributed by atoms with Crippen LogP contribution < -0.4 is 8.79 Å². The van der Waals surface area contributed by atoms with E-state index in [4.69, 9.17) is 17.6 Å². The molecule has 4 aromatic rings. The van der Waals surface area contributed by atoms with Crippen LogP contribution in [0.4, 0.5) is 0 Å². The number of hydrogen-bond acceptors (Lipinski definition) is 3. The van der Waals surface area contributed by atoms with E-state index in [1.165, 1.54) is 33.3 Å². The van der Waals surface area contributed by atoms with Gasteiger partial charge in [-0.05, 0) is 0 Å². The number of nitrogens with zero attached hydrogens (tertiary/aromatic N) is 2. The molecule has 2 nitrogen and oxygen atoms in total. The molecule has 3 heterocycles. The molecule has 0 N–H and O–H groups in total. The smallest absolute Gasteiger partial charge is 2.00 e. The molecule has 0 amide bonds. The SMILES string of the molecule is CC[CH2][Ge]1([CH2]CC)[c]2ccc(-c3[c-]c(-c4ccccn4)ccc3)nc2-c2c([S-])ccc[c]21.[Ni+2]. The first kappa shape index (κ1) is 24.1. The Labute approximate surface area is 215 Å². The van der Waals surface area contributed by atoms with E-state index < -0.39 is 13.3 Å². The third kappa shape index (κ3) is 4.18. The second-order valence-electron chi connectivity index (χ2n) is 8.55. The molecule has 1 aliphatic rings. The standard InChI is InChI=1S/C28H27GeN2S.Ni/c1-3-16-29(17-4-2)22-11-8-13-26(32)27(22)28-23(29)14-15-25(31-28)21-10-7-9-20(19-21)24-12-5-6-18-30-24;/h5-15,18,32H,3-4,16-17H2,1-2H3;/q-1;+2/p-1. The molecule has 5 rings (SSSR count). The summed E-state index contributed by atoms with van der Waals surface area (Å²) in [6.45, 7) is 4.63. The predicted molar refractivity (Wildman–Crippen MR) is 138 cm³/mol. The molecule has 33 heavy (non-hydrogen) atoms. The number of benzene rings is 2. The number of pyridine rings is 2. The molecule has 0 saturated carbocycles. The maximum absolute atomic E-state index is 5.84. The van der Waals surface area contributed by atoms with Crippen molar-refractivity contribution in [2.45, 2.75) is 42.1 Å². The largest absolute Gasteiger partial charge is 2.00 e. The van der Waals surface area contributed by atoms with Crippen LogP contribution in [0.25, 0.3) is 33.8 Å². The van der Waals surface area contributed by atoms with Gasteiger partial charge in [-0.1, -0.05) is 0 Å². The minimum Gasteiger partial charge on any atom is 2.00 e. The summed E-state index contributed by atoms with van der Waals surface area (Å²) in [4.78, 5) is 10.7. The van der Waals surface area contributed by atoms with Crippen LogP contribution in [-0.4, -0.2) is 23.2 Å². The Hall–Kier alpha value is -2.00. The Kier molecular flexibility index (Phi) is 7.38. The second kappa shape index (κ2) is 10.1. The van der Waals surface area contributed by atoms with Gasteiger partial charge in [-0.3, -0.25) is 0 Å². The molecular weight excluding hydrogens is 528 g/mol. The van der Waals surface area contributed by atoms with Gasteiger partial charge in [-0.25, -0.2) is 0 Å². The van der Waals surface area contributed by atoms with E-state index in [0.29, 0.717) is 0 Å². The zero-order valence-electron chi connectivity index (χ0n) is 18.9. The molecule has 0 fully saturated rings. The normalized spacial score (nSPS) is 13.2. The first-order valence-electron chi connectivity index (χ1n) is 11.4. The van der Waals surface area contributed by atoms with Crippen LogP contribution in [0, 0.1) is 6.07 Å². The summed E-state index contributed by atoms with van der Waals surface area (Å²) in [6.07, 6.45) is 4.24. The van der Waals surface area contributed by atoms with Gasteiger partial charge in [-0.2, -0.15) is 0 Å². The molecular formula is C28H26GeN2NiS. The average molecular weight is 554 g/mol. The van der Waals surface area contributed by atoms with Gasteiger partial charge in [0, 0.05) is 0 Å². The van der Waals surface area contributed by atoms with Crippen molar-refractivity contribution in [3.05, 3.63) is 79.0 Å². The van der Waals surface area contributed by atoms with Gasteiger partial charge in [0.1, 0.15) is 0 Å². The summed E-state index contributed by atoms with van der Waals surface area (Å²) >= 11 is 3.36. The van der Waals surface area contributed by atoms with Gasteiger partial charge in [0.2, 0.25) is 0 Å². The molecule has 0 spiro atoms. The van der Waals surface area contributed by atoms with Crippen LogP contribution in [-0.2, 0) is 29.1 Å². The van der Waals surface area contributed by atoms with Crippen LogP contribution in [0.1, 0.15) is 26.7 Å². The van der Waals surface area contributed by atoms with E-state index in [9.17, 15) is 0 Å². The Bertz CT molecular complexity index is 1270. The van der Waals surface area contributed by atoms with Gasteiger partial charge >= 0.3 is 216 Å². The molecule has 0 saturated heterocycles. The zero-order valence-corrected chi connectivity index (χ0v) is 22.8. The van der Waals surface area contributed by atoms with E-state index >= 15 is 0 Å². The summed E-state index contributed by atoms with van der Waals surface area (Å²) in [5, 5.41) is 2.60. The monoisotopic (exact) mass is 554 g/mol. The van der Waals surface area contributed by atoms with Crippen LogP contribution in [0.5, 0.6) is 0 Å². The fraction of sp³-hybridized carbons (Fsp3) is 0.214. The quantitative estimate of drug-likeness (QED) is 0.169. The molecule has 0 unspecified atom stereocenters.